The highest BCUT2D eigenvalue weighted by Crippen LogP contribution is 2.31. The summed E-state index contributed by atoms with van der Waals surface area (Å²) in [6, 6.07) is 4.24. The quantitative estimate of drug-likeness (QED) is 0.553. The Labute approximate surface area is 196 Å². The number of nitrogens with one attached hydrogen (secondary N) is 1. The van der Waals surface area contributed by atoms with Crippen molar-refractivity contribution >= 4 is 28.6 Å². The molecule has 0 spiro atoms. The second kappa shape index (κ2) is 9.61. The van der Waals surface area contributed by atoms with E-state index in [2.05, 4.69) is 62.6 Å². The van der Waals surface area contributed by atoms with Crippen LogP contribution < -0.4 is 10.2 Å². The van der Waals surface area contributed by atoms with Crippen molar-refractivity contribution in [2.75, 3.05) is 51.1 Å². The highest BCUT2D eigenvalue weighted by atomic mass is 16.5. The minimum absolute atomic E-state index is 0.0620. The molecule has 0 radical (unpaired) electrons. The summed E-state index contributed by atoms with van der Waals surface area (Å²) in [6.07, 6.45) is 6.59. The summed E-state index contributed by atoms with van der Waals surface area (Å²) >= 11 is 0. The van der Waals surface area contributed by atoms with Crippen molar-refractivity contribution < 1.29 is 4.74 Å². The Hall–Kier alpha value is -2.78. The summed E-state index contributed by atoms with van der Waals surface area (Å²) < 4.78 is 8.18. The Morgan fingerprint density at radius 3 is 2.58 bits per heavy atom. The van der Waals surface area contributed by atoms with Gasteiger partial charge in [0.05, 0.1) is 17.3 Å². The number of anilines is 3. The van der Waals surface area contributed by atoms with Gasteiger partial charge in [-0.3, -0.25) is 0 Å². The second-order valence-corrected chi connectivity index (χ2v) is 9.48. The molecule has 0 aromatic carbocycles. The summed E-state index contributed by atoms with van der Waals surface area (Å²) in [6.45, 7) is 9.13. The van der Waals surface area contributed by atoms with Gasteiger partial charge in [-0.2, -0.15) is 4.98 Å². The van der Waals surface area contributed by atoms with Gasteiger partial charge < -0.3 is 24.4 Å². The number of hydrogen-bond acceptors (Lipinski definition) is 8. The highest BCUT2D eigenvalue weighted by Gasteiger charge is 2.35. The zero-order chi connectivity index (χ0) is 23.6. The van der Waals surface area contributed by atoms with Crippen molar-refractivity contribution in [3.05, 3.63) is 30.4 Å². The van der Waals surface area contributed by atoms with E-state index in [1.54, 1.807) is 6.20 Å². The van der Waals surface area contributed by atoms with Crippen LogP contribution in [0.1, 0.15) is 45.0 Å². The Balaban J connectivity index is 1.47. The Bertz CT molecular complexity index is 1090. The van der Waals surface area contributed by atoms with Crippen LogP contribution in [0.4, 0.5) is 17.6 Å². The molecule has 1 fully saturated rings. The van der Waals surface area contributed by atoms with Gasteiger partial charge in [-0.05, 0) is 60.2 Å². The number of imidazole rings is 1. The van der Waals surface area contributed by atoms with Crippen molar-refractivity contribution in [1.82, 2.24) is 29.4 Å². The number of aromatic nitrogens is 5. The molecule has 4 rings (SSSR count). The van der Waals surface area contributed by atoms with E-state index in [0.717, 1.165) is 73.3 Å². The number of hydrogen-bond donors (Lipinski definition) is 1. The van der Waals surface area contributed by atoms with Crippen molar-refractivity contribution in [1.29, 1.82) is 0 Å². The highest BCUT2D eigenvalue weighted by molar-refractivity contribution is 5.79. The fraction of sp³-hybridized carbons (Fsp3) is 0.583. The van der Waals surface area contributed by atoms with E-state index in [1.807, 2.05) is 32.4 Å². The molecule has 33 heavy (non-hydrogen) atoms. The lowest BCUT2D eigenvalue weighted by Crippen LogP contribution is -2.47. The maximum atomic E-state index is 5.96. The predicted octanol–water partition coefficient (Wildman–Crippen LogP) is 3.79. The summed E-state index contributed by atoms with van der Waals surface area (Å²) in [5.74, 6) is 3.21. The number of nitrogens with zero attached hydrogens (tertiary/aromatic N) is 7. The normalized spacial score (nSPS) is 16.2. The van der Waals surface area contributed by atoms with E-state index in [1.165, 1.54) is 0 Å². The van der Waals surface area contributed by atoms with Crippen LogP contribution in [0.5, 0.6) is 0 Å². The van der Waals surface area contributed by atoms with Gasteiger partial charge in [-0.1, -0.05) is 0 Å². The van der Waals surface area contributed by atoms with E-state index in [4.69, 9.17) is 9.72 Å². The zero-order valence-corrected chi connectivity index (χ0v) is 20.7. The number of rotatable bonds is 8. The molecule has 0 amide bonds. The number of pyridine rings is 1. The molecule has 3 aromatic rings. The molecule has 178 valence electrons. The summed E-state index contributed by atoms with van der Waals surface area (Å²) in [4.78, 5) is 22.9. The van der Waals surface area contributed by atoms with E-state index >= 15 is 0 Å². The first-order valence-corrected chi connectivity index (χ1v) is 11.7. The molecule has 1 N–H and O–H groups in total. The van der Waals surface area contributed by atoms with Crippen LogP contribution in [-0.4, -0.2) is 75.8 Å². The van der Waals surface area contributed by atoms with Gasteiger partial charge in [0.2, 0.25) is 5.95 Å². The van der Waals surface area contributed by atoms with Crippen LogP contribution in [0, 0.1) is 6.92 Å². The van der Waals surface area contributed by atoms with Crippen LogP contribution in [0.2, 0.25) is 0 Å². The van der Waals surface area contributed by atoms with Gasteiger partial charge in [0, 0.05) is 45.0 Å². The van der Waals surface area contributed by atoms with Crippen molar-refractivity contribution in [2.45, 2.75) is 51.7 Å². The molecular formula is C24H36N8O. The van der Waals surface area contributed by atoms with E-state index in [-0.39, 0.29) is 5.60 Å². The van der Waals surface area contributed by atoms with Gasteiger partial charge in [0.25, 0.3) is 0 Å². The maximum Gasteiger partial charge on any atom is 0.227 e. The molecule has 1 aliphatic heterocycles. The largest absolute Gasteiger partial charge is 0.378 e. The Morgan fingerprint density at radius 2 is 1.91 bits per heavy atom. The minimum Gasteiger partial charge on any atom is -0.378 e. The molecule has 0 saturated carbocycles. The van der Waals surface area contributed by atoms with Gasteiger partial charge >= 0.3 is 0 Å². The zero-order valence-electron chi connectivity index (χ0n) is 20.7. The van der Waals surface area contributed by atoms with E-state index < -0.39 is 0 Å². The van der Waals surface area contributed by atoms with Crippen LogP contribution >= 0.6 is 0 Å². The topological polar surface area (TPSA) is 84.2 Å². The van der Waals surface area contributed by atoms with E-state index in [9.17, 15) is 0 Å². The lowest BCUT2D eigenvalue weighted by atomic mass is 9.88. The first-order valence-electron chi connectivity index (χ1n) is 11.7. The molecule has 1 aliphatic rings. The average Bonchev–Trinajstić information content (AvgIpc) is 3.13. The molecule has 0 unspecified atom stereocenters. The number of aryl methyl sites for hydroxylation is 1. The van der Waals surface area contributed by atoms with E-state index in [0.29, 0.717) is 6.04 Å². The lowest BCUT2D eigenvalue weighted by Gasteiger charge is -2.41. The predicted molar refractivity (Wildman–Crippen MR) is 132 cm³/mol. The summed E-state index contributed by atoms with van der Waals surface area (Å²) in [7, 11) is 6.05. The molecule has 1 saturated heterocycles. The fourth-order valence-electron chi connectivity index (χ4n) is 4.64. The third-order valence-electron chi connectivity index (χ3n) is 6.57. The average molecular weight is 453 g/mol. The minimum atomic E-state index is -0.0620. The smallest absolute Gasteiger partial charge is 0.227 e. The van der Waals surface area contributed by atoms with Gasteiger partial charge in [-0.15, -0.1) is 0 Å². The lowest BCUT2D eigenvalue weighted by molar-refractivity contribution is -0.0398. The third kappa shape index (κ3) is 5.09. The number of methoxy groups -OCH3 is 1. The number of ether oxygens (including phenoxy) is 1. The summed E-state index contributed by atoms with van der Waals surface area (Å²) in [5.41, 5.74) is 1.91. The molecule has 3 aromatic heterocycles. The monoisotopic (exact) mass is 452 g/mol. The van der Waals surface area contributed by atoms with Crippen LogP contribution in [-0.2, 0) is 4.74 Å². The van der Waals surface area contributed by atoms with Crippen LogP contribution in [0.15, 0.2) is 24.5 Å². The first kappa shape index (κ1) is 23.4. The maximum absolute atomic E-state index is 5.96. The molecule has 9 nitrogen and oxygen atoms in total. The van der Waals surface area contributed by atoms with Crippen molar-refractivity contribution in [3.63, 3.8) is 0 Å². The van der Waals surface area contributed by atoms with Crippen molar-refractivity contribution in [3.8, 4) is 0 Å². The molecule has 9 heteroatoms. The third-order valence-corrected chi connectivity index (χ3v) is 6.57. The van der Waals surface area contributed by atoms with Crippen LogP contribution in [0.25, 0.3) is 11.0 Å². The van der Waals surface area contributed by atoms with Crippen LogP contribution in [0.3, 0.4) is 0 Å². The van der Waals surface area contributed by atoms with Gasteiger partial charge in [0.15, 0.2) is 0 Å². The van der Waals surface area contributed by atoms with Gasteiger partial charge in [0.1, 0.15) is 23.0 Å². The van der Waals surface area contributed by atoms with Gasteiger partial charge in [-0.25, -0.2) is 15.0 Å². The standard InChI is InChI=1S/C24H36N8O/c1-17(2)32-18(3)27-19-16-26-22(15-20(19)32)28-21-7-11-25-23(29-21)31-13-9-24(33-6,10-14-31)8-12-30(4)5/h7,11,15-17H,8-10,12-14H2,1-6H3,(H,25,26,28,29). The summed E-state index contributed by atoms with van der Waals surface area (Å²) in [5, 5.41) is 3.35. The molecule has 0 aliphatic carbocycles. The number of piperidine rings is 1. The number of fused-ring (bicyclic) bond motifs is 1. The molecular weight excluding hydrogens is 416 g/mol. The molecule has 0 bridgehead atoms. The Morgan fingerprint density at radius 1 is 1.15 bits per heavy atom. The fourth-order valence-corrected chi connectivity index (χ4v) is 4.64. The van der Waals surface area contributed by atoms with Crippen molar-refractivity contribution in [2.24, 2.45) is 0 Å². The second-order valence-electron chi connectivity index (χ2n) is 9.48. The first-order chi connectivity index (χ1) is 15.8. The SMILES string of the molecule is COC1(CCN(C)C)CCN(c2nccc(Nc3cc4c(cn3)nc(C)n4C(C)C)n2)CC1. The Kier molecular flexibility index (Phi) is 6.81. The molecule has 0 atom stereocenters. The molecule has 4 heterocycles.